The number of rotatable bonds is 2. The van der Waals surface area contributed by atoms with Crippen molar-refractivity contribution >= 4 is 43.5 Å². The molecule has 0 spiro atoms. The van der Waals surface area contributed by atoms with E-state index in [4.69, 9.17) is 4.42 Å². The highest BCUT2D eigenvalue weighted by molar-refractivity contribution is 6.17. The molecule has 1 heteroatoms. The predicted octanol–water partition coefficient (Wildman–Crippen LogP) is 6.84. The number of aryl methyl sites for hydroxylation is 1. The van der Waals surface area contributed by atoms with E-state index in [0.717, 1.165) is 24.0 Å². The SMILES string of the molecule is CCCc1ccc2c(c1)oc1c3cc4ccccc4cc3ccc21. The first kappa shape index (κ1) is 13.6. The van der Waals surface area contributed by atoms with Crippen LogP contribution in [0.2, 0.25) is 0 Å². The Morgan fingerprint density at radius 1 is 0.708 bits per heavy atom. The minimum atomic E-state index is 0.997. The topological polar surface area (TPSA) is 13.1 Å². The third-order valence-electron chi connectivity index (χ3n) is 4.92. The van der Waals surface area contributed by atoms with Gasteiger partial charge in [0.25, 0.3) is 0 Å². The van der Waals surface area contributed by atoms with Gasteiger partial charge in [0.1, 0.15) is 11.2 Å². The van der Waals surface area contributed by atoms with Crippen molar-refractivity contribution in [1.82, 2.24) is 0 Å². The molecule has 0 fully saturated rings. The molecule has 0 N–H and O–H groups in total. The van der Waals surface area contributed by atoms with Gasteiger partial charge in [-0.2, -0.15) is 0 Å². The molecule has 4 aromatic carbocycles. The average molecular weight is 310 g/mol. The van der Waals surface area contributed by atoms with Crippen molar-refractivity contribution in [2.75, 3.05) is 0 Å². The highest BCUT2D eigenvalue weighted by Crippen LogP contribution is 2.36. The van der Waals surface area contributed by atoms with Gasteiger partial charge >= 0.3 is 0 Å². The Morgan fingerprint density at radius 3 is 2.33 bits per heavy atom. The van der Waals surface area contributed by atoms with Crippen LogP contribution in [0, 0.1) is 0 Å². The molecule has 5 aromatic rings. The maximum atomic E-state index is 6.30. The molecule has 0 unspecified atom stereocenters. The van der Waals surface area contributed by atoms with Crippen LogP contribution in [0.15, 0.2) is 71.1 Å². The number of furan rings is 1. The third kappa shape index (κ3) is 1.94. The molecule has 24 heavy (non-hydrogen) atoms. The summed E-state index contributed by atoms with van der Waals surface area (Å²) in [6, 6.07) is 24.0. The van der Waals surface area contributed by atoms with E-state index in [1.165, 1.54) is 37.9 Å². The Labute approximate surface area is 140 Å². The molecule has 0 saturated heterocycles. The molecule has 1 heterocycles. The second-order valence-corrected chi connectivity index (χ2v) is 6.55. The zero-order chi connectivity index (χ0) is 16.1. The summed E-state index contributed by atoms with van der Waals surface area (Å²) in [7, 11) is 0. The summed E-state index contributed by atoms with van der Waals surface area (Å²) >= 11 is 0. The Bertz CT molecular complexity index is 1210. The van der Waals surface area contributed by atoms with Crippen LogP contribution in [0.4, 0.5) is 0 Å². The molecule has 1 nitrogen and oxygen atoms in total. The summed E-state index contributed by atoms with van der Waals surface area (Å²) in [6.07, 6.45) is 2.25. The van der Waals surface area contributed by atoms with E-state index >= 15 is 0 Å². The summed E-state index contributed by atoms with van der Waals surface area (Å²) in [5, 5.41) is 7.36. The fraction of sp³-hybridized carbons (Fsp3) is 0.130. The molecule has 116 valence electrons. The van der Waals surface area contributed by atoms with Crippen molar-refractivity contribution in [1.29, 1.82) is 0 Å². The molecule has 0 atom stereocenters. The summed E-state index contributed by atoms with van der Waals surface area (Å²) in [5.41, 5.74) is 3.34. The highest BCUT2D eigenvalue weighted by Gasteiger charge is 2.11. The van der Waals surface area contributed by atoms with E-state index in [1.807, 2.05) is 0 Å². The smallest absolute Gasteiger partial charge is 0.143 e. The van der Waals surface area contributed by atoms with E-state index in [9.17, 15) is 0 Å². The van der Waals surface area contributed by atoms with Gasteiger partial charge in [-0.1, -0.05) is 55.8 Å². The monoisotopic (exact) mass is 310 g/mol. The molecule has 0 bridgehead atoms. The largest absolute Gasteiger partial charge is 0.455 e. The lowest BCUT2D eigenvalue weighted by Crippen LogP contribution is -1.81. The van der Waals surface area contributed by atoms with Crippen LogP contribution in [-0.2, 0) is 6.42 Å². The van der Waals surface area contributed by atoms with Gasteiger partial charge in [-0.15, -0.1) is 0 Å². The molecular formula is C23H18O. The van der Waals surface area contributed by atoms with Gasteiger partial charge in [0.15, 0.2) is 0 Å². The summed E-state index contributed by atoms with van der Waals surface area (Å²) in [5.74, 6) is 0. The Balaban J connectivity index is 1.88. The van der Waals surface area contributed by atoms with Gasteiger partial charge in [0, 0.05) is 16.2 Å². The van der Waals surface area contributed by atoms with Gasteiger partial charge in [-0.25, -0.2) is 0 Å². The van der Waals surface area contributed by atoms with Crippen LogP contribution in [0.5, 0.6) is 0 Å². The predicted molar refractivity (Wildman–Crippen MR) is 103 cm³/mol. The first-order chi connectivity index (χ1) is 11.8. The Morgan fingerprint density at radius 2 is 1.50 bits per heavy atom. The second-order valence-electron chi connectivity index (χ2n) is 6.55. The van der Waals surface area contributed by atoms with Gasteiger partial charge in [0.2, 0.25) is 0 Å². The maximum absolute atomic E-state index is 6.30. The van der Waals surface area contributed by atoms with Crippen molar-refractivity contribution in [2.45, 2.75) is 19.8 Å². The quantitative estimate of drug-likeness (QED) is 0.325. The molecule has 0 amide bonds. The number of benzene rings is 4. The van der Waals surface area contributed by atoms with E-state index in [-0.39, 0.29) is 0 Å². The molecule has 0 saturated carbocycles. The Kier molecular flexibility index (Phi) is 2.90. The molecule has 0 radical (unpaired) electrons. The lowest BCUT2D eigenvalue weighted by atomic mass is 10.0. The van der Waals surface area contributed by atoms with Crippen LogP contribution in [0.3, 0.4) is 0 Å². The number of hydrogen-bond acceptors (Lipinski definition) is 1. The summed E-state index contributed by atoms with van der Waals surface area (Å²) in [4.78, 5) is 0. The molecule has 0 aliphatic carbocycles. The third-order valence-corrected chi connectivity index (χ3v) is 4.92. The van der Waals surface area contributed by atoms with E-state index in [2.05, 4.69) is 73.7 Å². The molecule has 1 aromatic heterocycles. The van der Waals surface area contributed by atoms with E-state index < -0.39 is 0 Å². The first-order valence-corrected chi connectivity index (χ1v) is 8.60. The second kappa shape index (κ2) is 5.10. The van der Waals surface area contributed by atoms with Crippen LogP contribution < -0.4 is 0 Å². The van der Waals surface area contributed by atoms with Gasteiger partial charge in [0.05, 0.1) is 0 Å². The average Bonchev–Trinajstić information content (AvgIpc) is 2.98. The first-order valence-electron chi connectivity index (χ1n) is 8.60. The van der Waals surface area contributed by atoms with Gasteiger partial charge in [-0.3, -0.25) is 0 Å². The van der Waals surface area contributed by atoms with Crippen molar-refractivity contribution in [3.63, 3.8) is 0 Å². The fourth-order valence-electron chi connectivity index (χ4n) is 3.74. The van der Waals surface area contributed by atoms with Crippen LogP contribution >= 0.6 is 0 Å². The van der Waals surface area contributed by atoms with Crippen molar-refractivity contribution in [2.24, 2.45) is 0 Å². The highest BCUT2D eigenvalue weighted by atomic mass is 16.3. The summed E-state index contributed by atoms with van der Waals surface area (Å²) in [6.45, 7) is 2.21. The van der Waals surface area contributed by atoms with Crippen LogP contribution in [-0.4, -0.2) is 0 Å². The van der Waals surface area contributed by atoms with Crippen LogP contribution in [0.1, 0.15) is 18.9 Å². The maximum Gasteiger partial charge on any atom is 0.143 e. The standard InChI is InChI=1S/C23H18O/c1-2-5-15-8-10-19-20-11-9-18-13-16-6-3-4-7-17(16)14-21(18)23(20)24-22(19)12-15/h3-4,6-14H,2,5H2,1H3. The molecule has 0 aliphatic rings. The molecule has 5 rings (SSSR count). The normalized spacial score (nSPS) is 11.9. The Hall–Kier alpha value is -2.80. The lowest BCUT2D eigenvalue weighted by molar-refractivity contribution is 0.671. The molecular weight excluding hydrogens is 292 g/mol. The summed E-state index contributed by atoms with van der Waals surface area (Å²) < 4.78 is 6.30. The van der Waals surface area contributed by atoms with Gasteiger partial charge in [-0.05, 0) is 52.4 Å². The number of hydrogen-bond donors (Lipinski definition) is 0. The van der Waals surface area contributed by atoms with Crippen LogP contribution in [0.25, 0.3) is 43.5 Å². The lowest BCUT2D eigenvalue weighted by Gasteiger charge is -2.02. The zero-order valence-electron chi connectivity index (χ0n) is 13.7. The number of fused-ring (bicyclic) bond motifs is 6. The van der Waals surface area contributed by atoms with Gasteiger partial charge < -0.3 is 4.42 Å². The zero-order valence-corrected chi connectivity index (χ0v) is 13.7. The van der Waals surface area contributed by atoms with Crippen molar-refractivity contribution in [3.05, 3.63) is 72.3 Å². The van der Waals surface area contributed by atoms with Crippen molar-refractivity contribution < 1.29 is 4.42 Å². The minimum Gasteiger partial charge on any atom is -0.455 e. The fourth-order valence-corrected chi connectivity index (χ4v) is 3.74. The van der Waals surface area contributed by atoms with E-state index in [1.54, 1.807) is 0 Å². The molecule has 0 aliphatic heterocycles. The van der Waals surface area contributed by atoms with Crippen molar-refractivity contribution in [3.8, 4) is 0 Å². The van der Waals surface area contributed by atoms with E-state index in [0.29, 0.717) is 0 Å². The minimum absolute atomic E-state index is 0.997.